The summed E-state index contributed by atoms with van der Waals surface area (Å²) in [6.45, 7) is 5.39. The molecule has 0 aromatic carbocycles. The highest BCUT2D eigenvalue weighted by molar-refractivity contribution is 7.80. The van der Waals surface area contributed by atoms with Gasteiger partial charge in [0.15, 0.2) is 0 Å². The fraction of sp³-hybridized carbons (Fsp3) is 0.800. The summed E-state index contributed by atoms with van der Waals surface area (Å²) in [5.41, 5.74) is 0. The number of thiol groups is 1. The van der Waals surface area contributed by atoms with E-state index >= 15 is 0 Å². The topological polar surface area (TPSA) is 49.4 Å². The van der Waals surface area contributed by atoms with Gasteiger partial charge in [-0.05, 0) is 13.3 Å². The summed E-state index contributed by atoms with van der Waals surface area (Å²) < 4.78 is 0. The van der Waals surface area contributed by atoms with E-state index in [1.54, 1.807) is 11.9 Å². The van der Waals surface area contributed by atoms with Crippen LogP contribution in [0.2, 0.25) is 0 Å². The first-order valence-corrected chi connectivity index (χ1v) is 5.71. The van der Waals surface area contributed by atoms with E-state index in [2.05, 4.69) is 17.9 Å². The van der Waals surface area contributed by atoms with E-state index in [-0.39, 0.29) is 17.9 Å². The number of amides is 2. The van der Waals surface area contributed by atoms with E-state index < -0.39 is 6.04 Å². The summed E-state index contributed by atoms with van der Waals surface area (Å²) in [4.78, 5) is 24.4. The normalized spacial score (nSPS) is 14.2. The Labute approximate surface area is 96.8 Å². The molecule has 2 amide bonds. The Balaban J connectivity index is 4.43. The van der Waals surface area contributed by atoms with Crippen molar-refractivity contribution in [1.29, 1.82) is 0 Å². The average molecular weight is 232 g/mol. The van der Waals surface area contributed by atoms with E-state index in [1.165, 1.54) is 6.92 Å². The van der Waals surface area contributed by atoms with Crippen molar-refractivity contribution in [2.24, 2.45) is 0 Å². The third kappa shape index (κ3) is 4.55. The molecule has 0 spiro atoms. The van der Waals surface area contributed by atoms with Crippen LogP contribution in [0.5, 0.6) is 0 Å². The zero-order valence-corrected chi connectivity index (χ0v) is 10.7. The average Bonchev–Trinajstić information content (AvgIpc) is 2.22. The van der Waals surface area contributed by atoms with Crippen LogP contribution in [0, 0.1) is 0 Å². The molecule has 5 heteroatoms. The molecule has 0 heterocycles. The molecule has 0 aliphatic carbocycles. The van der Waals surface area contributed by atoms with Crippen molar-refractivity contribution in [3.8, 4) is 0 Å². The number of carbonyl (C=O) groups is 2. The number of nitrogens with one attached hydrogen (secondary N) is 1. The Morgan fingerprint density at radius 3 is 2.33 bits per heavy atom. The lowest BCUT2D eigenvalue weighted by molar-refractivity contribution is -0.135. The van der Waals surface area contributed by atoms with Crippen molar-refractivity contribution in [1.82, 2.24) is 10.2 Å². The number of carbonyl (C=O) groups excluding carboxylic acids is 2. The van der Waals surface area contributed by atoms with Gasteiger partial charge in [0.1, 0.15) is 6.04 Å². The van der Waals surface area contributed by atoms with Gasteiger partial charge in [0, 0.05) is 25.8 Å². The monoisotopic (exact) mass is 232 g/mol. The lowest BCUT2D eigenvalue weighted by atomic mass is 10.2. The lowest BCUT2D eigenvalue weighted by Gasteiger charge is -2.27. The van der Waals surface area contributed by atoms with Gasteiger partial charge in [-0.2, -0.15) is 12.6 Å². The van der Waals surface area contributed by atoms with Gasteiger partial charge in [-0.25, -0.2) is 0 Å². The van der Waals surface area contributed by atoms with Crippen molar-refractivity contribution in [2.45, 2.75) is 39.3 Å². The van der Waals surface area contributed by atoms with Gasteiger partial charge in [0.2, 0.25) is 11.8 Å². The smallest absolute Gasteiger partial charge is 0.245 e. The molecule has 0 aliphatic heterocycles. The molecule has 0 bridgehead atoms. The molecule has 0 radical (unpaired) electrons. The maximum atomic E-state index is 11.9. The number of rotatable bonds is 5. The molecule has 0 saturated carbocycles. The second-order valence-electron chi connectivity index (χ2n) is 3.64. The maximum Gasteiger partial charge on any atom is 0.245 e. The van der Waals surface area contributed by atoms with Gasteiger partial charge < -0.3 is 10.2 Å². The summed E-state index contributed by atoms with van der Waals surface area (Å²) in [7, 11) is 1.74. The summed E-state index contributed by atoms with van der Waals surface area (Å²) in [5.74, 6) is 0.0219. The molecular weight excluding hydrogens is 212 g/mol. The second-order valence-corrected chi connectivity index (χ2v) is 4.01. The van der Waals surface area contributed by atoms with Crippen LogP contribution in [0.25, 0.3) is 0 Å². The summed E-state index contributed by atoms with van der Waals surface area (Å²) in [6, 6.07) is -0.349. The van der Waals surface area contributed by atoms with Gasteiger partial charge >= 0.3 is 0 Å². The van der Waals surface area contributed by atoms with Gasteiger partial charge in [0.25, 0.3) is 0 Å². The van der Waals surface area contributed by atoms with Gasteiger partial charge in [-0.15, -0.1) is 0 Å². The van der Waals surface area contributed by atoms with Crippen LogP contribution < -0.4 is 5.32 Å². The van der Waals surface area contributed by atoms with Crippen LogP contribution in [-0.4, -0.2) is 41.6 Å². The second kappa shape index (κ2) is 6.71. The van der Waals surface area contributed by atoms with E-state index in [0.29, 0.717) is 5.75 Å². The molecule has 2 atom stereocenters. The van der Waals surface area contributed by atoms with Crippen LogP contribution in [0.1, 0.15) is 27.2 Å². The van der Waals surface area contributed by atoms with Crippen LogP contribution in [0.4, 0.5) is 0 Å². The molecule has 4 nitrogen and oxygen atoms in total. The van der Waals surface area contributed by atoms with Gasteiger partial charge in [-0.1, -0.05) is 6.92 Å². The minimum Gasteiger partial charge on any atom is -0.344 e. The number of likely N-dealkylation sites (N-methyl/N-ethyl adjacent to an activating group) is 1. The Bertz CT molecular complexity index is 233. The predicted octanol–water partition coefficient (Wildman–Crippen LogP) is 0.678. The molecule has 0 saturated heterocycles. The van der Waals surface area contributed by atoms with Crippen molar-refractivity contribution in [3.05, 3.63) is 0 Å². The standard InChI is InChI=1S/C10H20N2O2S/c1-5-7(2)12(4)10(14)9(6-15)11-8(3)13/h7,9,15H,5-6H2,1-4H3,(H,11,13). The van der Waals surface area contributed by atoms with Crippen LogP contribution >= 0.6 is 12.6 Å². The van der Waals surface area contributed by atoms with Crippen LogP contribution in [0.3, 0.4) is 0 Å². The molecule has 0 rings (SSSR count). The Hall–Kier alpha value is -0.710. The molecular formula is C10H20N2O2S. The number of hydrogen-bond donors (Lipinski definition) is 2. The SMILES string of the molecule is CCC(C)N(C)C(=O)C(CS)NC(C)=O. The molecule has 1 N–H and O–H groups in total. The third-order valence-corrected chi connectivity index (χ3v) is 2.82. The fourth-order valence-electron chi connectivity index (χ4n) is 1.17. The Kier molecular flexibility index (Phi) is 6.40. The summed E-state index contributed by atoms with van der Waals surface area (Å²) in [5, 5.41) is 2.58. The minimum absolute atomic E-state index is 0.0884. The first-order valence-electron chi connectivity index (χ1n) is 5.08. The molecule has 0 aromatic heterocycles. The van der Waals surface area contributed by atoms with Crippen molar-refractivity contribution in [3.63, 3.8) is 0 Å². The van der Waals surface area contributed by atoms with E-state index in [1.807, 2.05) is 13.8 Å². The predicted molar refractivity (Wildman–Crippen MR) is 64.0 cm³/mol. The summed E-state index contributed by atoms with van der Waals surface area (Å²) in [6.07, 6.45) is 0.890. The maximum absolute atomic E-state index is 11.9. The molecule has 88 valence electrons. The quantitative estimate of drug-likeness (QED) is 0.685. The van der Waals surface area contributed by atoms with Crippen LogP contribution in [-0.2, 0) is 9.59 Å². The largest absolute Gasteiger partial charge is 0.344 e. The van der Waals surface area contributed by atoms with Crippen molar-refractivity contribution < 1.29 is 9.59 Å². The minimum atomic E-state index is -0.523. The fourth-order valence-corrected chi connectivity index (χ4v) is 1.42. The molecule has 0 aliphatic rings. The van der Waals surface area contributed by atoms with E-state index in [4.69, 9.17) is 0 Å². The zero-order chi connectivity index (χ0) is 12.0. The molecule has 15 heavy (non-hydrogen) atoms. The summed E-state index contributed by atoms with van der Waals surface area (Å²) >= 11 is 4.06. The molecule has 0 aromatic rings. The van der Waals surface area contributed by atoms with Gasteiger partial charge in [-0.3, -0.25) is 9.59 Å². The highest BCUT2D eigenvalue weighted by Gasteiger charge is 2.23. The first kappa shape index (κ1) is 14.3. The van der Waals surface area contributed by atoms with Gasteiger partial charge in [0.05, 0.1) is 0 Å². The lowest BCUT2D eigenvalue weighted by Crippen LogP contribution is -2.50. The number of nitrogens with zero attached hydrogens (tertiary/aromatic N) is 1. The van der Waals surface area contributed by atoms with E-state index in [9.17, 15) is 9.59 Å². The van der Waals surface area contributed by atoms with Crippen molar-refractivity contribution in [2.75, 3.05) is 12.8 Å². The Morgan fingerprint density at radius 1 is 1.47 bits per heavy atom. The highest BCUT2D eigenvalue weighted by atomic mass is 32.1. The zero-order valence-electron chi connectivity index (χ0n) is 9.78. The highest BCUT2D eigenvalue weighted by Crippen LogP contribution is 2.04. The Morgan fingerprint density at radius 2 is 2.00 bits per heavy atom. The van der Waals surface area contributed by atoms with Crippen LogP contribution in [0.15, 0.2) is 0 Å². The van der Waals surface area contributed by atoms with Crippen molar-refractivity contribution >= 4 is 24.4 Å². The number of hydrogen-bond acceptors (Lipinski definition) is 3. The first-order chi connectivity index (χ1) is 6.93. The molecule has 0 fully saturated rings. The molecule has 2 unspecified atom stereocenters. The van der Waals surface area contributed by atoms with E-state index in [0.717, 1.165) is 6.42 Å². The third-order valence-electron chi connectivity index (χ3n) is 2.46.